The molecule has 1 aliphatic rings. The van der Waals surface area contributed by atoms with Gasteiger partial charge in [-0.25, -0.2) is 0 Å². The molecule has 0 amide bonds. The number of aryl methyl sites for hydroxylation is 1. The van der Waals surface area contributed by atoms with Crippen LogP contribution < -0.4 is 0 Å². The fourth-order valence-electron chi connectivity index (χ4n) is 3.85. The van der Waals surface area contributed by atoms with Gasteiger partial charge in [-0.05, 0) is 58.2 Å². The molecular formula is C25H24. The van der Waals surface area contributed by atoms with Gasteiger partial charge in [-0.15, -0.1) is 0 Å². The minimum Gasteiger partial charge on any atom is -0.0626 e. The third-order valence-electron chi connectivity index (χ3n) is 5.29. The molecule has 0 heteroatoms. The molecule has 3 aromatic carbocycles. The molecule has 0 saturated carbocycles. The molecule has 0 saturated heterocycles. The summed E-state index contributed by atoms with van der Waals surface area (Å²) >= 11 is 0. The maximum Gasteiger partial charge on any atom is -0.00550 e. The Morgan fingerprint density at radius 3 is 2.16 bits per heavy atom. The highest BCUT2D eigenvalue weighted by Gasteiger charge is 2.21. The van der Waals surface area contributed by atoms with E-state index in [-0.39, 0.29) is 0 Å². The van der Waals surface area contributed by atoms with E-state index in [4.69, 9.17) is 0 Å². The van der Waals surface area contributed by atoms with Crippen LogP contribution in [0.4, 0.5) is 0 Å². The highest BCUT2D eigenvalue weighted by Crippen LogP contribution is 2.41. The molecule has 0 fully saturated rings. The largest absolute Gasteiger partial charge is 0.0626 e. The first-order chi connectivity index (χ1) is 12.1. The third-order valence-corrected chi connectivity index (χ3v) is 5.29. The molecule has 3 aromatic rings. The number of hydrogen-bond donors (Lipinski definition) is 0. The summed E-state index contributed by atoms with van der Waals surface area (Å²) in [6, 6.07) is 24.1. The first-order valence-corrected chi connectivity index (χ1v) is 9.13. The first kappa shape index (κ1) is 15.9. The van der Waals surface area contributed by atoms with E-state index in [9.17, 15) is 0 Å². The second-order valence-electron chi connectivity index (χ2n) is 7.29. The summed E-state index contributed by atoms with van der Waals surface area (Å²) in [6.07, 6.45) is 3.53. The molecule has 0 nitrogen and oxygen atoms in total. The molecule has 4 rings (SSSR count). The average molecular weight is 324 g/mol. The Hall–Kier alpha value is -2.60. The number of hydrogen-bond acceptors (Lipinski definition) is 0. The zero-order valence-corrected chi connectivity index (χ0v) is 15.2. The highest BCUT2D eigenvalue weighted by atomic mass is 14.2. The molecule has 0 N–H and O–H groups in total. The molecule has 0 radical (unpaired) electrons. The van der Waals surface area contributed by atoms with Crippen molar-refractivity contribution in [3.8, 4) is 22.3 Å². The van der Waals surface area contributed by atoms with Gasteiger partial charge in [0.1, 0.15) is 0 Å². The molecule has 124 valence electrons. The number of fused-ring (bicyclic) bond motifs is 1. The normalized spacial score (nSPS) is 13.0. The fourth-order valence-corrected chi connectivity index (χ4v) is 3.85. The summed E-state index contributed by atoms with van der Waals surface area (Å²) < 4.78 is 0. The molecular weight excluding hydrogens is 300 g/mol. The van der Waals surface area contributed by atoms with Gasteiger partial charge in [0.15, 0.2) is 0 Å². The van der Waals surface area contributed by atoms with Gasteiger partial charge in [-0.2, -0.15) is 0 Å². The highest BCUT2D eigenvalue weighted by molar-refractivity contribution is 5.91. The molecule has 0 bridgehead atoms. The molecule has 0 spiro atoms. The minimum atomic E-state index is 0.602. The van der Waals surface area contributed by atoms with E-state index in [0.717, 1.165) is 6.42 Å². The van der Waals surface area contributed by atoms with Gasteiger partial charge in [-0.3, -0.25) is 0 Å². The smallest absolute Gasteiger partial charge is 0.00550 e. The van der Waals surface area contributed by atoms with Crippen LogP contribution in [-0.4, -0.2) is 0 Å². The monoisotopic (exact) mass is 324 g/mol. The Morgan fingerprint density at radius 1 is 0.760 bits per heavy atom. The number of benzene rings is 3. The molecule has 0 aliphatic heterocycles. The second-order valence-corrected chi connectivity index (χ2v) is 7.29. The number of rotatable bonds is 3. The van der Waals surface area contributed by atoms with Crippen LogP contribution in [0.2, 0.25) is 0 Å². The van der Waals surface area contributed by atoms with Crippen molar-refractivity contribution < 1.29 is 0 Å². The van der Waals surface area contributed by atoms with E-state index in [1.807, 2.05) is 0 Å². The Bertz CT molecular complexity index is 943. The average Bonchev–Trinajstić information content (AvgIpc) is 3.07. The molecule has 25 heavy (non-hydrogen) atoms. The van der Waals surface area contributed by atoms with Crippen LogP contribution >= 0.6 is 0 Å². The maximum atomic E-state index is 2.43. The van der Waals surface area contributed by atoms with Crippen LogP contribution in [0.15, 0.2) is 72.3 Å². The van der Waals surface area contributed by atoms with Gasteiger partial charge < -0.3 is 0 Å². The zero-order valence-electron chi connectivity index (χ0n) is 15.2. The summed E-state index contributed by atoms with van der Waals surface area (Å²) in [4.78, 5) is 0. The molecule has 1 aliphatic carbocycles. The number of allylic oxidation sites excluding steroid dienone is 1. The lowest BCUT2D eigenvalue weighted by Gasteiger charge is -2.16. The van der Waals surface area contributed by atoms with Crippen LogP contribution in [-0.2, 0) is 6.42 Å². The minimum absolute atomic E-state index is 0.602. The van der Waals surface area contributed by atoms with Gasteiger partial charge in [0.2, 0.25) is 0 Å². The van der Waals surface area contributed by atoms with Crippen molar-refractivity contribution in [2.45, 2.75) is 27.2 Å². The summed E-state index contributed by atoms with van der Waals surface area (Å²) in [7, 11) is 0. The van der Waals surface area contributed by atoms with Crippen LogP contribution in [0.1, 0.15) is 30.5 Å². The van der Waals surface area contributed by atoms with Crippen molar-refractivity contribution in [2.24, 2.45) is 5.92 Å². The second kappa shape index (κ2) is 6.37. The van der Waals surface area contributed by atoms with Crippen molar-refractivity contribution in [2.75, 3.05) is 0 Å². The van der Waals surface area contributed by atoms with Gasteiger partial charge >= 0.3 is 0 Å². The van der Waals surface area contributed by atoms with Crippen molar-refractivity contribution in [1.82, 2.24) is 0 Å². The fraction of sp³-hybridized carbons (Fsp3) is 0.200. The summed E-state index contributed by atoms with van der Waals surface area (Å²) in [6.45, 7) is 6.82. The van der Waals surface area contributed by atoms with Crippen molar-refractivity contribution in [3.63, 3.8) is 0 Å². The standard InChI is InChI=1S/C25H24/c1-17(2)21-15-20-14-13-18(3)25(24(20)16-21)23-12-8-7-11-22(23)19-9-5-4-6-10-19/h4-14,16-17H,15H2,1-3H3. The van der Waals surface area contributed by atoms with Gasteiger partial charge in [0, 0.05) is 0 Å². The van der Waals surface area contributed by atoms with Crippen LogP contribution in [0, 0.1) is 12.8 Å². The lowest BCUT2D eigenvalue weighted by Crippen LogP contribution is -1.94. The molecule has 0 heterocycles. The van der Waals surface area contributed by atoms with E-state index in [1.165, 1.54) is 38.9 Å². The summed E-state index contributed by atoms with van der Waals surface area (Å²) in [5.41, 5.74) is 11.1. The summed E-state index contributed by atoms with van der Waals surface area (Å²) in [5, 5.41) is 0. The van der Waals surface area contributed by atoms with Gasteiger partial charge in [0.25, 0.3) is 0 Å². The Kier molecular flexibility index (Phi) is 4.05. The van der Waals surface area contributed by atoms with E-state index in [1.54, 1.807) is 5.57 Å². The van der Waals surface area contributed by atoms with Crippen LogP contribution in [0.3, 0.4) is 0 Å². The van der Waals surface area contributed by atoms with E-state index in [0.29, 0.717) is 5.92 Å². The Labute approximate surface area is 150 Å². The van der Waals surface area contributed by atoms with Crippen LogP contribution in [0.5, 0.6) is 0 Å². The quantitative estimate of drug-likeness (QED) is 0.490. The van der Waals surface area contributed by atoms with Gasteiger partial charge in [0.05, 0.1) is 0 Å². The SMILES string of the molecule is Cc1ccc2c(c1-c1ccccc1-c1ccccc1)C=C(C(C)C)C2. The first-order valence-electron chi connectivity index (χ1n) is 9.13. The van der Waals surface area contributed by atoms with E-state index >= 15 is 0 Å². The van der Waals surface area contributed by atoms with E-state index < -0.39 is 0 Å². The Balaban J connectivity index is 1.95. The predicted octanol–water partition coefficient (Wildman–Crippen LogP) is 6.92. The maximum absolute atomic E-state index is 2.43. The lowest BCUT2D eigenvalue weighted by atomic mass is 9.88. The molecule has 0 atom stereocenters. The summed E-state index contributed by atoms with van der Waals surface area (Å²) in [5.74, 6) is 0.602. The van der Waals surface area contributed by atoms with Crippen LogP contribution in [0.25, 0.3) is 28.3 Å². The van der Waals surface area contributed by atoms with Crippen molar-refractivity contribution >= 4 is 6.08 Å². The lowest BCUT2D eigenvalue weighted by molar-refractivity contribution is 0.754. The molecule has 0 aromatic heterocycles. The zero-order chi connectivity index (χ0) is 17.4. The van der Waals surface area contributed by atoms with E-state index in [2.05, 4.69) is 93.6 Å². The third kappa shape index (κ3) is 2.82. The predicted molar refractivity (Wildman–Crippen MR) is 109 cm³/mol. The molecule has 0 unspecified atom stereocenters. The van der Waals surface area contributed by atoms with Gasteiger partial charge in [-0.1, -0.05) is 92.2 Å². The topological polar surface area (TPSA) is 0 Å². The van der Waals surface area contributed by atoms with Crippen molar-refractivity contribution in [3.05, 3.63) is 89.0 Å². The van der Waals surface area contributed by atoms with Crippen molar-refractivity contribution in [1.29, 1.82) is 0 Å². The Morgan fingerprint density at radius 2 is 1.44 bits per heavy atom.